The van der Waals surface area contributed by atoms with Crippen molar-refractivity contribution in [2.45, 2.75) is 74.7 Å². The number of methoxy groups -OCH3 is 4. The lowest BCUT2D eigenvalue weighted by Crippen LogP contribution is -2.46. The fourth-order valence-electron chi connectivity index (χ4n) is 7.86. The molecule has 0 bridgehead atoms. The van der Waals surface area contributed by atoms with E-state index in [1.807, 2.05) is 60.7 Å². The summed E-state index contributed by atoms with van der Waals surface area (Å²) in [5, 5.41) is 48.0. The summed E-state index contributed by atoms with van der Waals surface area (Å²) in [6.07, 6.45) is 17.0. The van der Waals surface area contributed by atoms with Crippen LogP contribution in [0.1, 0.15) is 62.5 Å². The van der Waals surface area contributed by atoms with Gasteiger partial charge in [0.05, 0.1) is 51.6 Å². The zero-order valence-electron chi connectivity index (χ0n) is 30.5. The Morgan fingerprint density at radius 3 is 1.38 bits per heavy atom. The SMILES string of the molecule is COc1ccc(/C=C\[C@]2(O)CCC[C@H]3NCC[C@H]32)cc1OC.COc1ccc(/C=C\[C@]2(O)CCC[C@H]3NCC[C@H]32)cc1OC.O=C([O-])/C=C\C(=O)[O-]. The maximum absolute atomic E-state index is 11.0. The molecule has 4 aliphatic rings. The average Bonchev–Trinajstić information content (AvgIpc) is 3.85. The molecule has 0 spiro atoms. The van der Waals surface area contributed by atoms with Gasteiger partial charge in [-0.1, -0.05) is 36.4 Å². The highest BCUT2D eigenvalue weighted by atomic mass is 16.5. The van der Waals surface area contributed by atoms with Crippen molar-refractivity contribution in [3.8, 4) is 23.0 Å². The zero-order valence-corrected chi connectivity index (χ0v) is 30.5. The maximum Gasteiger partial charge on any atom is 0.161 e. The molecule has 2 aromatic rings. The molecule has 2 saturated heterocycles. The number of carboxylic acids is 2. The lowest BCUT2D eigenvalue weighted by Gasteiger charge is -2.39. The van der Waals surface area contributed by atoms with Crippen LogP contribution in [0.25, 0.3) is 12.2 Å². The number of rotatable bonds is 10. The third-order valence-corrected chi connectivity index (χ3v) is 10.5. The molecule has 12 heteroatoms. The molecule has 2 aliphatic carbocycles. The average molecular weight is 721 g/mol. The summed E-state index contributed by atoms with van der Waals surface area (Å²) in [4.78, 5) is 18.8. The molecule has 0 unspecified atom stereocenters. The van der Waals surface area contributed by atoms with E-state index in [-0.39, 0.29) is 0 Å². The van der Waals surface area contributed by atoms with Gasteiger partial charge in [0, 0.05) is 23.9 Å². The molecule has 0 amide bonds. The zero-order chi connectivity index (χ0) is 37.7. The standard InChI is InChI=1S/2C18H25NO3.C4H4O4/c2*1-21-16-6-5-13(12-17(16)22-2)7-10-18(20)9-3-4-15-14(18)8-11-19-15;5-3(6)1-2-4(7)8/h2*5-7,10,12,14-15,19-20H,3-4,8-9,11H2,1-2H3;1-2H,(H,5,6)(H,7,8)/p-2/b2*10-7-;2-1-/t2*14-,15-,18-;/m11./s1. The summed E-state index contributed by atoms with van der Waals surface area (Å²) in [7, 11) is 6.53. The molecule has 4 N–H and O–H groups in total. The van der Waals surface area contributed by atoms with E-state index in [2.05, 4.69) is 10.6 Å². The highest BCUT2D eigenvalue weighted by Crippen LogP contribution is 2.41. The normalized spacial score (nSPS) is 27.9. The van der Waals surface area contributed by atoms with Crippen LogP contribution in [0.3, 0.4) is 0 Å². The number of aliphatic carboxylic acids is 2. The monoisotopic (exact) mass is 720 g/mol. The molecule has 52 heavy (non-hydrogen) atoms. The van der Waals surface area contributed by atoms with E-state index in [0.29, 0.717) is 47.6 Å². The van der Waals surface area contributed by atoms with E-state index < -0.39 is 23.1 Å². The van der Waals surface area contributed by atoms with Gasteiger partial charge in [0.1, 0.15) is 0 Å². The fourth-order valence-corrected chi connectivity index (χ4v) is 7.86. The summed E-state index contributed by atoms with van der Waals surface area (Å²) >= 11 is 0. The van der Waals surface area contributed by atoms with Gasteiger partial charge >= 0.3 is 0 Å². The highest BCUT2D eigenvalue weighted by molar-refractivity contribution is 5.87. The molecule has 6 atom stereocenters. The number of hydrogen-bond acceptors (Lipinski definition) is 12. The van der Waals surface area contributed by atoms with Gasteiger partial charge in [0.2, 0.25) is 0 Å². The number of carbonyl (C=O) groups is 2. The molecule has 2 aromatic carbocycles. The van der Waals surface area contributed by atoms with E-state index in [1.54, 1.807) is 28.4 Å². The van der Waals surface area contributed by atoms with Crippen molar-refractivity contribution in [3.05, 3.63) is 71.8 Å². The summed E-state index contributed by atoms with van der Waals surface area (Å²) < 4.78 is 21.2. The lowest BCUT2D eigenvalue weighted by atomic mass is 9.72. The number of ether oxygens (including phenoxy) is 4. The Morgan fingerprint density at radius 2 is 1.04 bits per heavy atom. The van der Waals surface area contributed by atoms with E-state index in [1.165, 1.54) is 12.8 Å². The molecular weight excluding hydrogens is 668 g/mol. The maximum atomic E-state index is 11.0. The lowest BCUT2D eigenvalue weighted by molar-refractivity contribution is -0.301. The molecule has 12 nitrogen and oxygen atoms in total. The van der Waals surface area contributed by atoms with Crippen LogP contribution in [0, 0.1) is 11.8 Å². The third kappa shape index (κ3) is 10.6. The summed E-state index contributed by atoms with van der Waals surface area (Å²) in [6.45, 7) is 2.03. The molecule has 2 heterocycles. The first-order valence-corrected chi connectivity index (χ1v) is 17.8. The fraction of sp³-hybridized carbons (Fsp3) is 0.500. The Kier molecular flexibility index (Phi) is 14.7. The van der Waals surface area contributed by atoms with Crippen LogP contribution in [-0.2, 0) is 9.59 Å². The van der Waals surface area contributed by atoms with Crippen LogP contribution in [-0.4, -0.2) is 87.0 Å². The van der Waals surface area contributed by atoms with Gasteiger partial charge in [0.25, 0.3) is 0 Å². The quantitative estimate of drug-likeness (QED) is 0.263. The Hall–Kier alpha value is -4.36. The number of benzene rings is 2. The third-order valence-electron chi connectivity index (χ3n) is 10.5. The number of nitrogens with one attached hydrogen (secondary N) is 2. The topological polar surface area (TPSA) is 182 Å². The smallest absolute Gasteiger partial charge is 0.161 e. The molecule has 2 aliphatic heterocycles. The first-order chi connectivity index (χ1) is 24.9. The van der Waals surface area contributed by atoms with E-state index >= 15 is 0 Å². The van der Waals surface area contributed by atoms with Gasteiger partial charge in [-0.15, -0.1) is 0 Å². The second-order valence-electron chi connectivity index (χ2n) is 13.5. The van der Waals surface area contributed by atoms with Crippen LogP contribution in [0.4, 0.5) is 0 Å². The van der Waals surface area contributed by atoms with E-state index in [9.17, 15) is 30.0 Å². The summed E-state index contributed by atoms with van der Waals surface area (Å²) in [6, 6.07) is 12.6. The molecule has 284 valence electrons. The van der Waals surface area contributed by atoms with Gasteiger partial charge in [-0.3, -0.25) is 0 Å². The Balaban J connectivity index is 0.000000193. The van der Waals surface area contributed by atoms with Crippen molar-refractivity contribution in [1.82, 2.24) is 10.6 Å². The summed E-state index contributed by atoms with van der Waals surface area (Å²) in [5.41, 5.74) is 0.636. The van der Waals surface area contributed by atoms with Gasteiger partial charge in [-0.25, -0.2) is 0 Å². The number of fused-ring (bicyclic) bond motifs is 2. The van der Waals surface area contributed by atoms with Crippen molar-refractivity contribution in [2.75, 3.05) is 41.5 Å². The molecule has 4 fully saturated rings. The molecule has 0 radical (unpaired) electrons. The van der Waals surface area contributed by atoms with Crippen molar-refractivity contribution < 1.29 is 49.0 Å². The minimum absolute atomic E-state index is 0.331. The second-order valence-corrected chi connectivity index (χ2v) is 13.5. The van der Waals surface area contributed by atoms with Crippen molar-refractivity contribution >= 4 is 24.1 Å². The predicted octanol–water partition coefficient (Wildman–Crippen LogP) is 2.26. The van der Waals surface area contributed by atoms with Gasteiger partial charge in [-0.2, -0.15) is 0 Å². The van der Waals surface area contributed by atoms with Crippen molar-refractivity contribution in [3.63, 3.8) is 0 Å². The summed E-state index contributed by atoms with van der Waals surface area (Å²) in [5.74, 6) is 0.423. The van der Waals surface area contributed by atoms with Crippen LogP contribution >= 0.6 is 0 Å². The molecular formula is C40H52N2O10-2. The van der Waals surface area contributed by atoms with Crippen molar-refractivity contribution in [2.24, 2.45) is 11.8 Å². The first kappa shape index (κ1) is 40.4. The predicted molar refractivity (Wildman–Crippen MR) is 194 cm³/mol. The minimum Gasteiger partial charge on any atom is -0.545 e. The Labute approximate surface area is 306 Å². The van der Waals surface area contributed by atoms with Crippen LogP contribution in [0.5, 0.6) is 23.0 Å². The molecule has 2 saturated carbocycles. The number of carboxylic acid groups (broad SMARTS) is 2. The Bertz CT molecular complexity index is 1480. The van der Waals surface area contributed by atoms with E-state index in [4.69, 9.17) is 18.9 Å². The van der Waals surface area contributed by atoms with Gasteiger partial charge < -0.3 is 59.6 Å². The number of hydrogen-bond donors (Lipinski definition) is 4. The van der Waals surface area contributed by atoms with Crippen LogP contribution in [0.2, 0.25) is 0 Å². The van der Waals surface area contributed by atoms with Gasteiger partial charge in [-0.05, 0) is 112 Å². The van der Waals surface area contributed by atoms with Crippen molar-refractivity contribution in [1.29, 1.82) is 0 Å². The van der Waals surface area contributed by atoms with Crippen LogP contribution in [0.15, 0.2) is 60.7 Å². The first-order valence-electron chi connectivity index (χ1n) is 17.8. The number of carbonyl (C=O) groups excluding carboxylic acids is 2. The second kappa shape index (κ2) is 18.9. The molecule has 0 aromatic heterocycles. The molecule has 6 rings (SSSR count). The van der Waals surface area contributed by atoms with E-state index in [0.717, 1.165) is 74.2 Å². The largest absolute Gasteiger partial charge is 0.545 e. The number of aliphatic hydroxyl groups is 2. The van der Waals surface area contributed by atoms with Gasteiger partial charge in [0.15, 0.2) is 23.0 Å². The Morgan fingerprint density at radius 1 is 0.654 bits per heavy atom. The minimum atomic E-state index is -1.55. The van der Waals surface area contributed by atoms with Crippen LogP contribution < -0.4 is 39.8 Å². The highest BCUT2D eigenvalue weighted by Gasteiger charge is 2.45.